The molecular formula is C12H15FN2OS. The molecule has 1 aromatic carbocycles. The Morgan fingerprint density at radius 1 is 1.53 bits per heavy atom. The average molecular weight is 254 g/mol. The van der Waals surface area contributed by atoms with Gasteiger partial charge >= 0.3 is 0 Å². The predicted octanol–water partition coefficient (Wildman–Crippen LogP) is 2.03. The molecule has 92 valence electrons. The molecule has 1 aliphatic heterocycles. The Morgan fingerprint density at radius 2 is 2.35 bits per heavy atom. The molecule has 1 aromatic rings. The molecule has 1 unspecified atom stereocenters. The van der Waals surface area contributed by atoms with Gasteiger partial charge in [0.2, 0.25) is 0 Å². The van der Waals surface area contributed by atoms with Crippen molar-refractivity contribution in [2.24, 2.45) is 0 Å². The first kappa shape index (κ1) is 12.2. The number of rotatable bonds is 2. The van der Waals surface area contributed by atoms with Gasteiger partial charge in [-0.25, -0.2) is 4.39 Å². The van der Waals surface area contributed by atoms with Gasteiger partial charge in [0.25, 0.3) is 5.91 Å². The second kappa shape index (κ2) is 5.40. The van der Waals surface area contributed by atoms with Crippen LogP contribution in [-0.4, -0.2) is 23.5 Å². The number of hydrogen-bond acceptors (Lipinski definition) is 3. The van der Waals surface area contributed by atoms with E-state index in [-0.39, 0.29) is 17.6 Å². The highest BCUT2D eigenvalue weighted by Crippen LogP contribution is 2.18. The van der Waals surface area contributed by atoms with Crippen LogP contribution < -0.4 is 11.1 Å². The topological polar surface area (TPSA) is 55.1 Å². The van der Waals surface area contributed by atoms with E-state index >= 15 is 0 Å². The van der Waals surface area contributed by atoms with E-state index in [4.69, 9.17) is 5.73 Å². The summed E-state index contributed by atoms with van der Waals surface area (Å²) < 4.78 is 12.9. The summed E-state index contributed by atoms with van der Waals surface area (Å²) in [5.41, 5.74) is 6.16. The van der Waals surface area contributed by atoms with Crippen LogP contribution in [0.3, 0.4) is 0 Å². The highest BCUT2D eigenvalue weighted by molar-refractivity contribution is 7.99. The number of benzene rings is 1. The standard InChI is InChI=1S/C12H15FN2OS/c13-8-3-4-10(11(14)6-8)12(16)15-9-2-1-5-17-7-9/h3-4,6,9H,1-2,5,7,14H2,(H,15,16). The number of nitrogens with one attached hydrogen (secondary N) is 1. The molecule has 3 nitrogen and oxygen atoms in total. The number of amides is 1. The average Bonchev–Trinajstić information content (AvgIpc) is 2.30. The van der Waals surface area contributed by atoms with E-state index in [2.05, 4.69) is 5.32 Å². The summed E-state index contributed by atoms with van der Waals surface area (Å²) in [5.74, 6) is 1.46. The quantitative estimate of drug-likeness (QED) is 0.794. The zero-order valence-electron chi connectivity index (χ0n) is 9.41. The first-order chi connectivity index (χ1) is 8.16. The van der Waals surface area contributed by atoms with Crippen molar-refractivity contribution in [3.8, 4) is 0 Å². The number of carbonyl (C=O) groups excluding carboxylic acids is 1. The maximum atomic E-state index is 12.9. The maximum absolute atomic E-state index is 12.9. The van der Waals surface area contributed by atoms with E-state index in [1.165, 1.54) is 18.2 Å². The zero-order valence-corrected chi connectivity index (χ0v) is 10.2. The summed E-state index contributed by atoms with van der Waals surface area (Å²) in [6, 6.07) is 4.05. The van der Waals surface area contributed by atoms with Crippen molar-refractivity contribution in [3.05, 3.63) is 29.6 Å². The molecule has 1 atom stereocenters. The normalized spacial score (nSPS) is 19.9. The third-order valence-corrected chi connectivity index (χ3v) is 3.97. The summed E-state index contributed by atoms with van der Waals surface area (Å²) in [5, 5.41) is 2.93. The molecule has 1 heterocycles. The molecule has 0 spiro atoms. The molecule has 0 radical (unpaired) electrons. The van der Waals surface area contributed by atoms with Crippen LogP contribution in [0.25, 0.3) is 0 Å². The molecule has 0 bridgehead atoms. The zero-order chi connectivity index (χ0) is 12.3. The van der Waals surface area contributed by atoms with E-state index in [0.717, 1.165) is 24.3 Å². The Kier molecular flexibility index (Phi) is 3.89. The van der Waals surface area contributed by atoms with Crippen molar-refractivity contribution in [1.82, 2.24) is 5.32 Å². The molecule has 0 aromatic heterocycles. The smallest absolute Gasteiger partial charge is 0.253 e. The molecule has 1 fully saturated rings. The van der Waals surface area contributed by atoms with Gasteiger partial charge in [-0.1, -0.05) is 0 Å². The van der Waals surface area contributed by atoms with E-state index in [9.17, 15) is 9.18 Å². The van der Waals surface area contributed by atoms with Crippen LogP contribution in [0.2, 0.25) is 0 Å². The van der Waals surface area contributed by atoms with Crippen LogP contribution in [0.4, 0.5) is 10.1 Å². The van der Waals surface area contributed by atoms with Gasteiger partial charge in [-0.15, -0.1) is 0 Å². The lowest BCUT2D eigenvalue weighted by Gasteiger charge is -2.22. The minimum Gasteiger partial charge on any atom is -0.398 e. The largest absolute Gasteiger partial charge is 0.398 e. The Balaban J connectivity index is 2.03. The van der Waals surface area contributed by atoms with Gasteiger partial charge in [-0.2, -0.15) is 11.8 Å². The Morgan fingerprint density at radius 3 is 3.00 bits per heavy atom. The maximum Gasteiger partial charge on any atom is 0.253 e. The van der Waals surface area contributed by atoms with E-state index in [1.54, 1.807) is 0 Å². The Bertz CT molecular complexity index is 419. The van der Waals surface area contributed by atoms with Crippen LogP contribution in [0.15, 0.2) is 18.2 Å². The lowest BCUT2D eigenvalue weighted by Crippen LogP contribution is -2.38. The second-order valence-electron chi connectivity index (χ2n) is 4.12. The number of anilines is 1. The van der Waals surface area contributed by atoms with Crippen molar-refractivity contribution in [2.45, 2.75) is 18.9 Å². The fourth-order valence-corrected chi connectivity index (χ4v) is 2.93. The summed E-state index contributed by atoms with van der Waals surface area (Å²) >= 11 is 1.84. The lowest BCUT2D eigenvalue weighted by atomic mass is 10.1. The predicted molar refractivity (Wildman–Crippen MR) is 68.6 cm³/mol. The first-order valence-corrected chi connectivity index (χ1v) is 6.76. The van der Waals surface area contributed by atoms with Crippen molar-refractivity contribution in [1.29, 1.82) is 0 Å². The molecular weight excluding hydrogens is 239 g/mol. The SMILES string of the molecule is Nc1cc(F)ccc1C(=O)NC1CCCSC1. The molecule has 2 rings (SSSR count). The number of hydrogen-bond donors (Lipinski definition) is 2. The van der Waals surface area contributed by atoms with E-state index in [0.29, 0.717) is 5.56 Å². The molecule has 17 heavy (non-hydrogen) atoms. The van der Waals surface area contributed by atoms with Gasteiger partial charge in [0, 0.05) is 17.5 Å². The van der Waals surface area contributed by atoms with Crippen molar-refractivity contribution >= 4 is 23.4 Å². The minimum absolute atomic E-state index is 0.186. The number of carbonyl (C=O) groups is 1. The number of halogens is 1. The van der Waals surface area contributed by atoms with Crippen LogP contribution in [-0.2, 0) is 0 Å². The highest BCUT2D eigenvalue weighted by atomic mass is 32.2. The third-order valence-electron chi connectivity index (χ3n) is 2.75. The molecule has 1 amide bonds. The van der Waals surface area contributed by atoms with Crippen LogP contribution in [0, 0.1) is 5.82 Å². The summed E-state index contributed by atoms with van der Waals surface area (Å²) in [4.78, 5) is 11.9. The number of thioether (sulfide) groups is 1. The summed E-state index contributed by atoms with van der Waals surface area (Å²) in [6.45, 7) is 0. The fourth-order valence-electron chi connectivity index (χ4n) is 1.86. The monoisotopic (exact) mass is 254 g/mol. The first-order valence-electron chi connectivity index (χ1n) is 5.60. The van der Waals surface area contributed by atoms with Crippen molar-refractivity contribution in [3.63, 3.8) is 0 Å². The van der Waals surface area contributed by atoms with Gasteiger partial charge in [0.05, 0.1) is 5.56 Å². The van der Waals surface area contributed by atoms with Crippen LogP contribution >= 0.6 is 11.8 Å². The molecule has 5 heteroatoms. The fraction of sp³-hybridized carbons (Fsp3) is 0.417. The summed E-state index contributed by atoms with van der Waals surface area (Å²) in [7, 11) is 0. The van der Waals surface area contributed by atoms with E-state index in [1.807, 2.05) is 11.8 Å². The second-order valence-corrected chi connectivity index (χ2v) is 5.27. The summed E-state index contributed by atoms with van der Waals surface area (Å²) in [6.07, 6.45) is 2.12. The highest BCUT2D eigenvalue weighted by Gasteiger charge is 2.18. The molecule has 3 N–H and O–H groups in total. The lowest BCUT2D eigenvalue weighted by molar-refractivity contribution is 0.0939. The van der Waals surface area contributed by atoms with Crippen molar-refractivity contribution < 1.29 is 9.18 Å². The van der Waals surface area contributed by atoms with Crippen LogP contribution in [0.1, 0.15) is 23.2 Å². The Hall–Kier alpha value is -1.23. The molecule has 0 saturated carbocycles. The molecule has 1 saturated heterocycles. The van der Waals surface area contributed by atoms with E-state index < -0.39 is 5.82 Å². The third kappa shape index (κ3) is 3.12. The van der Waals surface area contributed by atoms with Gasteiger partial charge < -0.3 is 11.1 Å². The number of nitrogens with two attached hydrogens (primary N) is 1. The van der Waals surface area contributed by atoms with Gasteiger partial charge in [0.15, 0.2) is 0 Å². The van der Waals surface area contributed by atoms with Crippen molar-refractivity contribution in [2.75, 3.05) is 17.2 Å². The molecule has 0 aliphatic carbocycles. The van der Waals surface area contributed by atoms with Gasteiger partial charge in [-0.05, 0) is 36.8 Å². The van der Waals surface area contributed by atoms with Gasteiger partial charge in [0.1, 0.15) is 5.82 Å². The Labute approximate surface area is 104 Å². The number of nitrogen functional groups attached to an aromatic ring is 1. The molecule has 1 aliphatic rings. The van der Waals surface area contributed by atoms with Crippen LogP contribution in [0.5, 0.6) is 0 Å². The van der Waals surface area contributed by atoms with Gasteiger partial charge in [-0.3, -0.25) is 4.79 Å². The minimum atomic E-state index is -0.424.